The van der Waals surface area contributed by atoms with Crippen LogP contribution in [0.5, 0.6) is 0 Å². The first-order valence-corrected chi connectivity index (χ1v) is 4.93. The van der Waals surface area contributed by atoms with Gasteiger partial charge in [0.2, 0.25) is 0 Å². The third-order valence-corrected chi connectivity index (χ3v) is 2.26. The highest BCUT2D eigenvalue weighted by Crippen LogP contribution is 2.02. The Morgan fingerprint density at radius 1 is 1.62 bits per heavy atom. The van der Waals surface area contributed by atoms with E-state index in [1.54, 1.807) is 6.07 Å². The summed E-state index contributed by atoms with van der Waals surface area (Å²) < 4.78 is 1.28. The van der Waals surface area contributed by atoms with Gasteiger partial charge in [-0.2, -0.15) is 5.26 Å². The topological polar surface area (TPSA) is 98.9 Å². The van der Waals surface area contributed by atoms with Crippen molar-refractivity contribution in [3.8, 4) is 6.07 Å². The van der Waals surface area contributed by atoms with Gasteiger partial charge in [-0.15, -0.1) is 0 Å². The second kappa shape index (κ2) is 5.28. The standard InChI is InChI=1S/C10H13N3O3/c1-7(2-3-14)5-13-6-8(4-11)9(15)12-10(13)16/h6-7,14H,2-3,5H2,1H3,(H,12,15,16). The Bertz CT molecular complexity index is 509. The van der Waals surface area contributed by atoms with Crippen LogP contribution >= 0.6 is 0 Å². The van der Waals surface area contributed by atoms with Gasteiger partial charge in [0.15, 0.2) is 0 Å². The lowest BCUT2D eigenvalue weighted by molar-refractivity contribution is 0.253. The Morgan fingerprint density at radius 3 is 2.88 bits per heavy atom. The van der Waals surface area contributed by atoms with Crippen molar-refractivity contribution < 1.29 is 5.11 Å². The fourth-order valence-electron chi connectivity index (χ4n) is 1.37. The first-order valence-electron chi connectivity index (χ1n) is 4.93. The van der Waals surface area contributed by atoms with Crippen molar-refractivity contribution in [2.24, 2.45) is 5.92 Å². The maximum atomic E-state index is 11.4. The fourth-order valence-corrected chi connectivity index (χ4v) is 1.37. The lowest BCUT2D eigenvalue weighted by Crippen LogP contribution is -2.32. The van der Waals surface area contributed by atoms with Crippen molar-refractivity contribution in [3.63, 3.8) is 0 Å². The smallest absolute Gasteiger partial charge is 0.328 e. The molecule has 0 saturated carbocycles. The molecule has 1 unspecified atom stereocenters. The maximum Gasteiger partial charge on any atom is 0.328 e. The minimum Gasteiger partial charge on any atom is -0.396 e. The molecule has 86 valence electrons. The Morgan fingerprint density at radius 2 is 2.31 bits per heavy atom. The Kier molecular flexibility index (Phi) is 4.03. The van der Waals surface area contributed by atoms with Crippen LogP contribution in [-0.4, -0.2) is 21.3 Å². The van der Waals surface area contributed by atoms with Crippen molar-refractivity contribution in [1.82, 2.24) is 9.55 Å². The molecule has 0 radical (unpaired) electrons. The molecule has 0 aromatic carbocycles. The van der Waals surface area contributed by atoms with Crippen LogP contribution in [0, 0.1) is 17.2 Å². The summed E-state index contributed by atoms with van der Waals surface area (Å²) in [4.78, 5) is 24.6. The van der Waals surface area contributed by atoms with Gasteiger partial charge in [0.05, 0.1) is 0 Å². The number of hydrogen-bond acceptors (Lipinski definition) is 4. The van der Waals surface area contributed by atoms with Crippen LogP contribution in [0.2, 0.25) is 0 Å². The summed E-state index contributed by atoms with van der Waals surface area (Å²) in [6.07, 6.45) is 1.81. The first kappa shape index (κ1) is 12.2. The minimum atomic E-state index is -0.668. The van der Waals surface area contributed by atoms with Crippen molar-refractivity contribution in [2.75, 3.05) is 6.61 Å². The van der Waals surface area contributed by atoms with Crippen molar-refractivity contribution in [2.45, 2.75) is 19.9 Å². The van der Waals surface area contributed by atoms with Crippen LogP contribution in [-0.2, 0) is 6.54 Å². The number of aromatic nitrogens is 2. The molecule has 0 amide bonds. The first-order chi connectivity index (χ1) is 7.58. The predicted molar refractivity (Wildman–Crippen MR) is 56.9 cm³/mol. The minimum absolute atomic E-state index is 0.0460. The summed E-state index contributed by atoms with van der Waals surface area (Å²) in [7, 11) is 0. The van der Waals surface area contributed by atoms with Gasteiger partial charge in [-0.25, -0.2) is 4.79 Å². The SMILES string of the molecule is CC(CCO)Cn1cc(C#N)c(=O)[nH]c1=O. The third kappa shape index (κ3) is 2.81. The Labute approximate surface area is 91.8 Å². The van der Waals surface area contributed by atoms with E-state index in [2.05, 4.69) is 4.98 Å². The molecule has 0 aliphatic carbocycles. The lowest BCUT2D eigenvalue weighted by Gasteiger charge is -2.11. The van der Waals surface area contributed by atoms with Crippen LogP contribution in [0.3, 0.4) is 0 Å². The second-order valence-corrected chi connectivity index (χ2v) is 3.68. The number of nitriles is 1. The zero-order chi connectivity index (χ0) is 12.1. The highest BCUT2D eigenvalue weighted by atomic mass is 16.3. The number of aromatic amines is 1. The molecule has 1 rings (SSSR count). The number of aliphatic hydroxyl groups excluding tert-OH is 1. The van der Waals surface area contributed by atoms with Gasteiger partial charge in [-0.3, -0.25) is 14.3 Å². The van der Waals surface area contributed by atoms with E-state index in [0.717, 1.165) is 0 Å². The van der Waals surface area contributed by atoms with E-state index in [-0.39, 0.29) is 18.1 Å². The number of aliphatic hydroxyl groups is 1. The van der Waals surface area contributed by atoms with Crippen LogP contribution in [0.25, 0.3) is 0 Å². The van der Waals surface area contributed by atoms with Gasteiger partial charge in [0.1, 0.15) is 11.6 Å². The monoisotopic (exact) mass is 223 g/mol. The molecule has 6 heteroatoms. The van der Waals surface area contributed by atoms with Gasteiger partial charge >= 0.3 is 5.69 Å². The number of nitrogens with one attached hydrogen (secondary N) is 1. The summed E-state index contributed by atoms with van der Waals surface area (Å²) >= 11 is 0. The summed E-state index contributed by atoms with van der Waals surface area (Å²) in [6, 6.07) is 1.72. The van der Waals surface area contributed by atoms with E-state index < -0.39 is 11.2 Å². The van der Waals surface area contributed by atoms with Gasteiger partial charge < -0.3 is 5.11 Å². The molecule has 0 bridgehead atoms. The molecular formula is C10H13N3O3. The maximum absolute atomic E-state index is 11.4. The molecule has 1 aromatic heterocycles. The largest absolute Gasteiger partial charge is 0.396 e. The second-order valence-electron chi connectivity index (χ2n) is 3.68. The van der Waals surface area contributed by atoms with E-state index in [1.807, 2.05) is 6.92 Å². The zero-order valence-electron chi connectivity index (χ0n) is 8.93. The van der Waals surface area contributed by atoms with Crippen molar-refractivity contribution in [3.05, 3.63) is 32.6 Å². The molecule has 0 aliphatic heterocycles. The molecule has 0 saturated heterocycles. The van der Waals surface area contributed by atoms with Crippen LogP contribution in [0.1, 0.15) is 18.9 Å². The van der Waals surface area contributed by atoms with Crippen LogP contribution in [0.4, 0.5) is 0 Å². The van der Waals surface area contributed by atoms with Gasteiger partial charge in [-0.1, -0.05) is 6.92 Å². The average molecular weight is 223 g/mol. The fraction of sp³-hybridized carbons (Fsp3) is 0.500. The van der Waals surface area contributed by atoms with Crippen LogP contribution in [0.15, 0.2) is 15.8 Å². The molecule has 16 heavy (non-hydrogen) atoms. The van der Waals surface area contributed by atoms with E-state index in [9.17, 15) is 9.59 Å². The zero-order valence-corrected chi connectivity index (χ0v) is 8.93. The molecule has 0 fully saturated rings. The lowest BCUT2D eigenvalue weighted by atomic mass is 10.1. The van der Waals surface area contributed by atoms with Crippen molar-refractivity contribution >= 4 is 0 Å². The number of H-pyrrole nitrogens is 1. The summed E-state index contributed by atoms with van der Waals surface area (Å²) in [5, 5.41) is 17.4. The van der Waals surface area contributed by atoms with Gasteiger partial charge in [-0.05, 0) is 12.3 Å². The quantitative estimate of drug-likeness (QED) is 0.713. The summed E-state index contributed by atoms with van der Waals surface area (Å²) in [5.41, 5.74) is -1.29. The summed E-state index contributed by atoms with van der Waals surface area (Å²) in [6.45, 7) is 2.29. The normalized spacial score (nSPS) is 12.1. The molecule has 2 N–H and O–H groups in total. The highest BCUT2D eigenvalue weighted by molar-refractivity contribution is 5.21. The predicted octanol–water partition coefficient (Wildman–Crippen LogP) is -0.573. The molecule has 1 atom stereocenters. The van der Waals surface area contributed by atoms with E-state index in [4.69, 9.17) is 10.4 Å². The van der Waals surface area contributed by atoms with Crippen LogP contribution < -0.4 is 11.2 Å². The number of rotatable bonds is 4. The molecule has 6 nitrogen and oxygen atoms in total. The molecule has 1 aromatic rings. The molecule has 0 spiro atoms. The van der Waals surface area contributed by atoms with Gasteiger partial charge in [0, 0.05) is 19.3 Å². The van der Waals surface area contributed by atoms with E-state index >= 15 is 0 Å². The number of nitrogens with zero attached hydrogens (tertiary/aromatic N) is 2. The molecular weight excluding hydrogens is 210 g/mol. The summed E-state index contributed by atoms with van der Waals surface area (Å²) in [5.74, 6) is 0.0974. The van der Waals surface area contributed by atoms with E-state index in [1.165, 1.54) is 10.8 Å². The Balaban J connectivity index is 3.02. The molecule has 1 heterocycles. The molecule has 0 aliphatic rings. The third-order valence-electron chi connectivity index (χ3n) is 2.26. The van der Waals surface area contributed by atoms with Gasteiger partial charge in [0.25, 0.3) is 5.56 Å². The van der Waals surface area contributed by atoms with Crippen molar-refractivity contribution in [1.29, 1.82) is 5.26 Å². The average Bonchev–Trinajstić information content (AvgIpc) is 2.22. The Hall–Kier alpha value is -1.87. The number of hydrogen-bond donors (Lipinski definition) is 2. The highest BCUT2D eigenvalue weighted by Gasteiger charge is 2.07. The van der Waals surface area contributed by atoms with E-state index in [0.29, 0.717) is 13.0 Å².